The summed E-state index contributed by atoms with van der Waals surface area (Å²) in [6.45, 7) is 8.88. The van der Waals surface area contributed by atoms with Crippen molar-refractivity contribution in [3.63, 3.8) is 0 Å². The number of morpholine rings is 1. The van der Waals surface area contributed by atoms with E-state index < -0.39 is 29.9 Å². The van der Waals surface area contributed by atoms with Gasteiger partial charge >= 0.3 is 0 Å². The molecule has 0 unspecified atom stereocenters. The quantitative estimate of drug-likeness (QED) is 0.185. The number of ether oxygens (including phenoxy) is 1. The summed E-state index contributed by atoms with van der Waals surface area (Å²) in [4.78, 5) is 37.2. The molecule has 2 aliphatic rings. The van der Waals surface area contributed by atoms with Crippen LogP contribution in [0.15, 0.2) is 13.0 Å². The monoisotopic (exact) mass is 887 g/mol. The van der Waals surface area contributed by atoms with E-state index in [1.807, 2.05) is 25.7 Å². The third kappa shape index (κ3) is 17.8. The summed E-state index contributed by atoms with van der Waals surface area (Å²) in [5, 5.41) is 36.8. The van der Waals surface area contributed by atoms with Crippen LogP contribution < -0.4 is 20.9 Å². The molecule has 27 heteroatoms. The largest absolute Gasteiger partial charge is 0.379 e. The maximum absolute atomic E-state index is 11.8. The van der Waals surface area contributed by atoms with Gasteiger partial charge in [0, 0.05) is 32.2 Å². The zero-order valence-corrected chi connectivity index (χ0v) is 35.5. The molecule has 1 aliphatic carbocycles. The lowest BCUT2D eigenvalue weighted by atomic mass is 9.87. The highest BCUT2D eigenvalue weighted by atomic mass is 32.3. The fraction of sp³-hybridized carbons (Fsp3) is 0.679. The van der Waals surface area contributed by atoms with Gasteiger partial charge in [0.1, 0.15) is 5.01 Å². The van der Waals surface area contributed by atoms with Crippen molar-refractivity contribution < 1.29 is 44.4 Å². The normalized spacial score (nSPS) is 15.9. The topological polar surface area (TPSA) is 320 Å². The molecule has 4 heterocycles. The predicted octanol–water partition coefficient (Wildman–Crippen LogP) is 1.04. The lowest BCUT2D eigenvalue weighted by Crippen LogP contribution is -2.39. The third-order valence-corrected chi connectivity index (χ3v) is 14.2. The Balaban J connectivity index is 0.000000222. The summed E-state index contributed by atoms with van der Waals surface area (Å²) in [5.41, 5.74) is -0.155. The van der Waals surface area contributed by atoms with Crippen molar-refractivity contribution in [2.24, 2.45) is 21.6 Å². The van der Waals surface area contributed by atoms with Gasteiger partial charge in [-0.15, -0.1) is 30.6 Å². The number of amides is 2. The van der Waals surface area contributed by atoms with E-state index in [1.165, 1.54) is 19.3 Å². The van der Waals surface area contributed by atoms with Gasteiger partial charge < -0.3 is 15.4 Å². The molecule has 2 amide bonds. The summed E-state index contributed by atoms with van der Waals surface area (Å²) >= 11 is 2.45. The summed E-state index contributed by atoms with van der Waals surface area (Å²) in [5.74, 6) is 0.0381. The standard InChI is InChI=1S/C10H16N4O3S2.C10H15N3O4S2.C8H14N4O3S2/c11-19(16,17)10-14-13-9(18-10)12-8(15)6-7-4-2-1-3-5-7;1-19(15,16)10-12-11-9(18-10)6-8(14)7-13-2-4-17-5-3-13;1-8(2,3)4-5(13)10-6-11-12-7(16-6)17(9,14)15/h7H,1-6H2,(H2,11,16,17)(H,12,13,15);2-7H2,1H3;4H2,1-3H3,(H2,9,14,15)(H,10,11,13). The van der Waals surface area contributed by atoms with Gasteiger partial charge in [0.2, 0.25) is 44.9 Å². The molecule has 6 N–H and O–H groups in total. The summed E-state index contributed by atoms with van der Waals surface area (Å²) in [7, 11) is -11.0. The van der Waals surface area contributed by atoms with E-state index in [0.717, 1.165) is 66.2 Å². The number of carbonyl (C=O) groups is 3. The minimum atomic E-state index is -3.86. The molecule has 1 saturated heterocycles. The highest BCUT2D eigenvalue weighted by Gasteiger charge is 2.22. The molecule has 308 valence electrons. The number of Topliss-reactive ketones (excluding diaryl/α,β-unsaturated/α-hetero) is 1. The van der Waals surface area contributed by atoms with E-state index in [9.17, 15) is 39.6 Å². The first kappa shape index (κ1) is 46.4. The van der Waals surface area contributed by atoms with Crippen LogP contribution in [0.1, 0.15) is 70.7 Å². The van der Waals surface area contributed by atoms with Crippen molar-refractivity contribution >= 4 is 91.8 Å². The first-order valence-corrected chi connectivity index (χ1v) is 24.1. The van der Waals surface area contributed by atoms with Gasteiger partial charge in [-0.2, -0.15) is 0 Å². The molecule has 1 saturated carbocycles. The van der Waals surface area contributed by atoms with Crippen LogP contribution in [0.4, 0.5) is 10.3 Å². The average Bonchev–Trinajstić information content (AvgIpc) is 3.83. The van der Waals surface area contributed by atoms with Gasteiger partial charge in [-0.1, -0.05) is 74.0 Å². The van der Waals surface area contributed by atoms with Gasteiger partial charge in [-0.05, 0) is 24.2 Å². The van der Waals surface area contributed by atoms with Crippen molar-refractivity contribution in [2.75, 3.05) is 49.7 Å². The molecule has 1 aliphatic heterocycles. The number of sulfonamides is 2. The molecule has 3 aromatic heterocycles. The zero-order chi connectivity index (χ0) is 41.0. The molecule has 0 aromatic carbocycles. The fourth-order valence-electron chi connectivity index (χ4n) is 4.91. The Morgan fingerprint density at radius 2 is 1.27 bits per heavy atom. The number of carbonyl (C=O) groups excluding carboxylic acids is 3. The first-order valence-electron chi connectivity index (χ1n) is 16.6. The third-order valence-electron chi connectivity index (χ3n) is 7.30. The smallest absolute Gasteiger partial charge is 0.267 e. The van der Waals surface area contributed by atoms with Crippen LogP contribution in [-0.2, 0) is 55.4 Å². The van der Waals surface area contributed by atoms with Gasteiger partial charge in [-0.25, -0.2) is 35.5 Å². The van der Waals surface area contributed by atoms with Crippen LogP contribution in [0.3, 0.4) is 0 Å². The Labute approximate surface area is 331 Å². The van der Waals surface area contributed by atoms with E-state index in [1.54, 1.807) is 0 Å². The van der Waals surface area contributed by atoms with Crippen molar-refractivity contribution in [2.45, 2.75) is 85.2 Å². The Morgan fingerprint density at radius 3 is 1.73 bits per heavy atom. The molecule has 0 radical (unpaired) electrons. The highest BCUT2D eigenvalue weighted by Crippen LogP contribution is 2.27. The van der Waals surface area contributed by atoms with E-state index >= 15 is 0 Å². The number of nitrogens with zero attached hydrogens (tertiary/aromatic N) is 7. The molecule has 3 aromatic rings. The fourth-order valence-corrected chi connectivity index (χ4v) is 9.29. The van der Waals surface area contributed by atoms with Crippen LogP contribution in [0, 0.1) is 11.3 Å². The number of rotatable bonds is 12. The van der Waals surface area contributed by atoms with E-state index in [0.29, 0.717) is 43.5 Å². The second-order valence-electron chi connectivity index (χ2n) is 13.7. The van der Waals surface area contributed by atoms with Gasteiger partial charge in [0.05, 0.1) is 26.2 Å². The molecular formula is C28H45N11O10S6. The van der Waals surface area contributed by atoms with Crippen molar-refractivity contribution in [1.29, 1.82) is 0 Å². The van der Waals surface area contributed by atoms with E-state index in [2.05, 4.69) is 41.2 Å². The first-order chi connectivity index (χ1) is 25.5. The Bertz CT molecular complexity index is 1980. The maximum Gasteiger partial charge on any atom is 0.267 e. The number of nitrogens with two attached hydrogens (primary N) is 2. The van der Waals surface area contributed by atoms with Crippen LogP contribution in [0.25, 0.3) is 0 Å². The summed E-state index contributed by atoms with van der Waals surface area (Å²) in [6.07, 6.45) is 7.70. The maximum atomic E-state index is 11.8. The van der Waals surface area contributed by atoms with Gasteiger partial charge in [0.15, 0.2) is 5.78 Å². The van der Waals surface area contributed by atoms with Crippen molar-refractivity contribution in [1.82, 2.24) is 35.5 Å². The minimum absolute atomic E-state index is 0.0121. The predicted molar refractivity (Wildman–Crippen MR) is 204 cm³/mol. The number of primary sulfonamides is 2. The zero-order valence-electron chi connectivity index (χ0n) is 30.6. The highest BCUT2D eigenvalue weighted by molar-refractivity contribution is 7.92. The number of sulfone groups is 1. The summed E-state index contributed by atoms with van der Waals surface area (Å²) < 4.78 is 71.0. The lowest BCUT2D eigenvalue weighted by molar-refractivity contribution is -0.120. The lowest BCUT2D eigenvalue weighted by Gasteiger charge is -2.25. The second-order valence-corrected chi connectivity index (χ2v) is 22.4. The molecule has 21 nitrogen and oxygen atoms in total. The van der Waals surface area contributed by atoms with Gasteiger partial charge in [-0.3, -0.25) is 19.3 Å². The Morgan fingerprint density at radius 1 is 0.764 bits per heavy atom. The SMILES string of the molecule is CC(C)(C)CC(=O)Nc1nnc(S(N)(=O)=O)s1.CS(=O)(=O)c1nnc(CC(=O)CN2CCOCC2)s1.NS(=O)(=O)c1nnc(NC(=O)CC2CCCCC2)s1. The number of nitrogens with one attached hydrogen (secondary N) is 2. The molecule has 0 spiro atoms. The Hall–Kier alpha value is -3.02. The molecule has 5 rings (SSSR count). The average molecular weight is 888 g/mol. The number of hydrogen-bond donors (Lipinski definition) is 4. The van der Waals surface area contributed by atoms with E-state index in [4.69, 9.17) is 15.0 Å². The number of aromatic nitrogens is 6. The molecular weight excluding hydrogens is 843 g/mol. The van der Waals surface area contributed by atoms with Crippen LogP contribution in [0.2, 0.25) is 0 Å². The molecule has 55 heavy (non-hydrogen) atoms. The van der Waals surface area contributed by atoms with Crippen LogP contribution in [-0.4, -0.2) is 117 Å². The number of hydrogen-bond acceptors (Lipinski definition) is 20. The van der Waals surface area contributed by atoms with Crippen molar-refractivity contribution in [3.8, 4) is 0 Å². The molecule has 0 bridgehead atoms. The van der Waals surface area contributed by atoms with Gasteiger partial charge in [0.25, 0.3) is 20.0 Å². The summed E-state index contributed by atoms with van der Waals surface area (Å²) in [6, 6.07) is 0. The number of ketones is 1. The van der Waals surface area contributed by atoms with Crippen molar-refractivity contribution in [3.05, 3.63) is 5.01 Å². The molecule has 2 fully saturated rings. The Kier molecular flexibility index (Phi) is 17.2. The second kappa shape index (κ2) is 20.4. The molecule has 0 atom stereocenters. The minimum Gasteiger partial charge on any atom is -0.379 e. The van der Waals surface area contributed by atoms with Crippen LogP contribution in [0.5, 0.6) is 0 Å². The van der Waals surface area contributed by atoms with E-state index in [-0.39, 0.29) is 52.7 Å². The number of anilines is 2. The van der Waals surface area contributed by atoms with Crippen LogP contribution >= 0.6 is 34.0 Å².